The summed E-state index contributed by atoms with van der Waals surface area (Å²) in [6, 6.07) is 10.9. The maximum absolute atomic E-state index is 4.93. The Bertz CT molecular complexity index is 790. The molecule has 0 aliphatic heterocycles. The molecule has 0 nitrogen and oxygen atoms in total. The summed E-state index contributed by atoms with van der Waals surface area (Å²) in [4.78, 5) is 0. The molecule has 0 N–H and O–H groups in total. The van der Waals surface area contributed by atoms with E-state index in [1.807, 2.05) is 0 Å². The van der Waals surface area contributed by atoms with Crippen LogP contribution in [0.4, 0.5) is 0 Å². The molecule has 190 valence electrons. The van der Waals surface area contributed by atoms with Gasteiger partial charge in [-0.2, -0.15) is 0 Å². The van der Waals surface area contributed by atoms with Gasteiger partial charge in [-0.15, -0.1) is 6.58 Å². The van der Waals surface area contributed by atoms with E-state index in [1.165, 1.54) is 56.9 Å². The van der Waals surface area contributed by atoms with Gasteiger partial charge in [-0.3, -0.25) is 0 Å². The van der Waals surface area contributed by atoms with Crippen molar-refractivity contribution in [2.75, 3.05) is 0 Å². The van der Waals surface area contributed by atoms with Gasteiger partial charge in [0.25, 0.3) is 0 Å². The molecule has 5 unspecified atom stereocenters. The number of hydrogen-bond acceptors (Lipinski definition) is 0. The fourth-order valence-electron chi connectivity index (χ4n) is 6.06. The second-order valence-electron chi connectivity index (χ2n) is 9.75. The molecule has 35 heavy (non-hydrogen) atoms. The maximum atomic E-state index is 4.93. The van der Waals surface area contributed by atoms with Crippen molar-refractivity contribution in [3.05, 3.63) is 112 Å². The number of aryl methyl sites for hydroxylation is 1. The Labute approximate surface area is 235 Å². The molecule has 1 aromatic rings. The van der Waals surface area contributed by atoms with Crippen LogP contribution in [0.25, 0.3) is 0 Å². The second kappa shape index (κ2) is 18.6. The quantitative estimate of drug-likeness (QED) is 0.228. The van der Waals surface area contributed by atoms with E-state index in [9.17, 15) is 0 Å². The third kappa shape index (κ3) is 10.7. The van der Waals surface area contributed by atoms with Crippen LogP contribution >= 0.6 is 17.0 Å². The summed E-state index contributed by atoms with van der Waals surface area (Å²) in [6.45, 7) is 3.79. The van der Waals surface area contributed by atoms with E-state index in [1.54, 1.807) is 0 Å². The summed E-state index contributed by atoms with van der Waals surface area (Å²) < 4.78 is 0. The average molecular weight is 591 g/mol. The van der Waals surface area contributed by atoms with Crippen LogP contribution in [0.5, 0.6) is 0 Å². The third-order valence-electron chi connectivity index (χ3n) is 7.73. The van der Waals surface area contributed by atoms with E-state index in [-0.39, 0.29) is 14.9 Å². The number of allylic oxidation sites excluding steroid dienone is 9. The van der Waals surface area contributed by atoms with Crippen LogP contribution in [0.2, 0.25) is 0 Å². The van der Waals surface area contributed by atoms with Crippen molar-refractivity contribution in [3.63, 3.8) is 0 Å². The number of hydrogen-bond donors (Lipinski definition) is 0. The zero-order valence-electron chi connectivity index (χ0n) is 21.7. The van der Waals surface area contributed by atoms with Crippen LogP contribution < -0.4 is 0 Å². The first kappa shape index (κ1) is 32.4. The minimum atomic E-state index is -0.826. The first-order chi connectivity index (χ1) is 16.2. The van der Waals surface area contributed by atoms with E-state index in [4.69, 9.17) is 17.0 Å². The molecule has 0 aromatic heterocycles. The molecule has 0 saturated heterocycles. The van der Waals surface area contributed by atoms with Gasteiger partial charge in [0.15, 0.2) is 0 Å². The Morgan fingerprint density at radius 3 is 1.97 bits per heavy atom. The number of fused-ring (bicyclic) bond motifs is 2. The van der Waals surface area contributed by atoms with Crippen LogP contribution in [0.3, 0.4) is 0 Å². The Hall–Kier alpha value is -0.617. The summed E-state index contributed by atoms with van der Waals surface area (Å²) in [7, 11) is 9.87. The second-order valence-corrected chi connectivity index (χ2v) is 13.5. The molecule has 2 saturated carbocycles. The Morgan fingerprint density at radius 2 is 1.37 bits per heavy atom. The molecule has 0 bridgehead atoms. The SMILES string of the molecule is C1=CC2CC(CCc3ccccc3)CC2C=C1.C=CCCC1CCC2C=CC=CC21.[CH3-].[CH3-].[Cl][Zr+2][Cl]. The molecule has 5 atom stereocenters. The van der Waals surface area contributed by atoms with Gasteiger partial charge < -0.3 is 14.9 Å². The zero-order valence-corrected chi connectivity index (χ0v) is 25.6. The first-order valence-corrected chi connectivity index (χ1v) is 18.9. The minimum absolute atomic E-state index is 0. The van der Waals surface area contributed by atoms with Crippen molar-refractivity contribution in [2.45, 2.75) is 51.4 Å². The summed E-state index contributed by atoms with van der Waals surface area (Å²) in [5, 5.41) is 0. The molecule has 0 spiro atoms. The van der Waals surface area contributed by atoms with E-state index in [0.717, 1.165) is 35.5 Å². The average Bonchev–Trinajstić information content (AvgIpc) is 3.47. The van der Waals surface area contributed by atoms with Gasteiger partial charge in [0.2, 0.25) is 0 Å². The molecule has 1 aromatic carbocycles. The predicted octanol–water partition coefficient (Wildman–Crippen LogP) is 10.4. The van der Waals surface area contributed by atoms with Crippen LogP contribution in [0, 0.1) is 50.4 Å². The van der Waals surface area contributed by atoms with Crippen molar-refractivity contribution in [1.82, 2.24) is 0 Å². The molecule has 2 fully saturated rings. The number of halogens is 2. The van der Waals surface area contributed by atoms with Gasteiger partial charge in [0.1, 0.15) is 0 Å². The van der Waals surface area contributed by atoms with Crippen molar-refractivity contribution >= 4 is 17.0 Å². The van der Waals surface area contributed by atoms with Gasteiger partial charge in [-0.05, 0) is 92.4 Å². The molecular formula is C32H44Cl2Zr. The number of benzene rings is 1. The first-order valence-electron chi connectivity index (χ1n) is 12.6. The van der Waals surface area contributed by atoms with Crippen molar-refractivity contribution in [1.29, 1.82) is 0 Å². The van der Waals surface area contributed by atoms with Crippen LogP contribution in [0.1, 0.15) is 50.5 Å². The number of rotatable bonds is 6. The Kier molecular flexibility index (Phi) is 17.2. The fourth-order valence-corrected chi connectivity index (χ4v) is 6.06. The molecular weight excluding hydrogens is 546 g/mol. The summed E-state index contributed by atoms with van der Waals surface area (Å²) in [5.74, 6) is 5.20. The normalized spacial score (nSPS) is 28.5. The molecule has 3 heteroatoms. The van der Waals surface area contributed by atoms with Gasteiger partial charge in [0.05, 0.1) is 0 Å². The molecule has 0 amide bonds. The molecule has 5 rings (SSSR count). The summed E-state index contributed by atoms with van der Waals surface area (Å²) >= 11 is -0.826. The van der Waals surface area contributed by atoms with Crippen molar-refractivity contribution < 1.29 is 20.8 Å². The predicted molar refractivity (Wildman–Crippen MR) is 155 cm³/mol. The summed E-state index contributed by atoms with van der Waals surface area (Å²) in [5.41, 5.74) is 1.49. The van der Waals surface area contributed by atoms with Crippen LogP contribution in [-0.4, -0.2) is 0 Å². The van der Waals surface area contributed by atoms with Gasteiger partial charge in [-0.1, -0.05) is 85.0 Å². The summed E-state index contributed by atoms with van der Waals surface area (Å²) in [6.07, 6.45) is 31.3. The molecule has 4 aliphatic carbocycles. The standard InChI is InChI=1S/C17H20.C13H18.2CH3.2ClH.Zr/c1-2-6-14(7-3-1)10-11-15-12-16-8-4-5-9-17(16)13-15;1-2-3-6-11-9-10-12-7-4-5-8-13(11)12;;;;;/h1-9,15-17H,10-13H2;2,4-5,7-8,11-13H,1,3,6,9-10H2;2*1H3;2*1H;/q;;2*-1;;;+4/p-2. The monoisotopic (exact) mass is 588 g/mol. The van der Waals surface area contributed by atoms with Crippen LogP contribution in [0.15, 0.2) is 91.6 Å². The zero-order chi connectivity index (χ0) is 23.3. The molecule has 0 radical (unpaired) electrons. The topological polar surface area (TPSA) is 0 Å². The van der Waals surface area contributed by atoms with Crippen molar-refractivity contribution in [3.8, 4) is 0 Å². The van der Waals surface area contributed by atoms with Crippen molar-refractivity contribution in [2.24, 2.45) is 35.5 Å². The Morgan fingerprint density at radius 1 is 0.800 bits per heavy atom. The van der Waals surface area contributed by atoms with E-state index in [0.29, 0.717) is 0 Å². The van der Waals surface area contributed by atoms with E-state index in [2.05, 4.69) is 91.6 Å². The fraction of sp³-hybridized carbons (Fsp3) is 0.438. The molecule has 0 heterocycles. The van der Waals surface area contributed by atoms with Gasteiger partial charge >= 0.3 is 37.9 Å². The van der Waals surface area contributed by atoms with Crippen LogP contribution in [-0.2, 0) is 27.3 Å². The Balaban J connectivity index is 0.000000307. The van der Waals surface area contributed by atoms with E-state index < -0.39 is 20.8 Å². The van der Waals surface area contributed by atoms with Gasteiger partial charge in [0, 0.05) is 0 Å². The van der Waals surface area contributed by atoms with E-state index >= 15 is 0 Å². The van der Waals surface area contributed by atoms with Gasteiger partial charge in [-0.25, -0.2) is 0 Å². The molecule has 4 aliphatic rings. The third-order valence-corrected chi connectivity index (χ3v) is 7.73.